The van der Waals surface area contributed by atoms with Crippen molar-refractivity contribution in [2.24, 2.45) is 0 Å². The highest BCUT2D eigenvalue weighted by Crippen LogP contribution is 2.42. The molecule has 124 valence electrons. The van der Waals surface area contributed by atoms with E-state index in [1.54, 1.807) is 0 Å². The van der Waals surface area contributed by atoms with E-state index < -0.39 is 11.2 Å². The number of methoxy groups -OCH3 is 2. The summed E-state index contributed by atoms with van der Waals surface area (Å²) in [6.07, 6.45) is 1.17. The van der Waals surface area contributed by atoms with Crippen LogP contribution in [0.2, 0.25) is 0 Å². The minimum absolute atomic E-state index is 0.00405. The van der Waals surface area contributed by atoms with E-state index in [2.05, 4.69) is 0 Å². The summed E-state index contributed by atoms with van der Waals surface area (Å²) in [7, 11) is 2.73. The average molecular weight is 330 g/mol. The van der Waals surface area contributed by atoms with E-state index in [4.69, 9.17) is 13.9 Å². The molecule has 0 spiro atoms. The molecule has 0 radical (unpaired) electrons. The topological polar surface area (TPSA) is 109 Å². The maximum atomic E-state index is 12.8. The molecule has 1 heterocycles. The highest BCUT2D eigenvalue weighted by molar-refractivity contribution is 5.91. The standard InChI is InChI=1S/C17H14O7/c1-22-13-6-12-14(16(21)17(13)23-2)15(20)10(7-24-12)9-4-3-8(18)5-11(9)19/h3-7,18-19,21H,1-2H3. The highest BCUT2D eigenvalue weighted by atomic mass is 16.5. The number of benzene rings is 2. The highest BCUT2D eigenvalue weighted by Gasteiger charge is 2.21. The summed E-state index contributed by atoms with van der Waals surface area (Å²) in [6, 6.07) is 5.23. The van der Waals surface area contributed by atoms with Crippen molar-refractivity contribution in [2.75, 3.05) is 14.2 Å². The van der Waals surface area contributed by atoms with E-state index in [0.717, 1.165) is 6.07 Å². The second-order valence-corrected chi connectivity index (χ2v) is 5.01. The van der Waals surface area contributed by atoms with Crippen molar-refractivity contribution < 1.29 is 29.2 Å². The fraction of sp³-hybridized carbons (Fsp3) is 0.118. The Bertz CT molecular complexity index is 988. The Morgan fingerprint density at radius 1 is 1.00 bits per heavy atom. The van der Waals surface area contributed by atoms with Crippen LogP contribution in [-0.2, 0) is 0 Å². The molecule has 7 heteroatoms. The summed E-state index contributed by atoms with van der Waals surface area (Å²) in [5.74, 6) is -0.631. The number of hydrogen-bond donors (Lipinski definition) is 3. The van der Waals surface area contributed by atoms with Crippen molar-refractivity contribution in [2.45, 2.75) is 0 Å². The first-order valence-electron chi connectivity index (χ1n) is 6.89. The molecular weight excluding hydrogens is 316 g/mol. The number of phenolic OH excluding ortho intramolecular Hbond substituents is 3. The van der Waals surface area contributed by atoms with Gasteiger partial charge in [-0.3, -0.25) is 4.79 Å². The Balaban J connectivity index is 2.36. The Morgan fingerprint density at radius 2 is 1.75 bits per heavy atom. The van der Waals surface area contributed by atoms with E-state index in [9.17, 15) is 20.1 Å². The van der Waals surface area contributed by atoms with Crippen LogP contribution in [0, 0.1) is 0 Å². The fourth-order valence-electron chi connectivity index (χ4n) is 2.51. The molecule has 0 aliphatic carbocycles. The summed E-state index contributed by atoms with van der Waals surface area (Å²) in [5.41, 5.74) is -0.256. The van der Waals surface area contributed by atoms with E-state index >= 15 is 0 Å². The van der Waals surface area contributed by atoms with E-state index in [1.165, 1.54) is 38.7 Å². The summed E-state index contributed by atoms with van der Waals surface area (Å²) in [4.78, 5) is 12.8. The summed E-state index contributed by atoms with van der Waals surface area (Å²) < 4.78 is 15.6. The van der Waals surface area contributed by atoms with E-state index in [-0.39, 0.29) is 45.1 Å². The van der Waals surface area contributed by atoms with Crippen molar-refractivity contribution >= 4 is 11.0 Å². The minimum Gasteiger partial charge on any atom is -0.508 e. The van der Waals surface area contributed by atoms with Crippen LogP contribution < -0.4 is 14.9 Å². The third-order valence-corrected chi connectivity index (χ3v) is 3.66. The van der Waals surface area contributed by atoms with Crippen LogP contribution >= 0.6 is 0 Å². The molecule has 0 unspecified atom stereocenters. The molecule has 0 saturated carbocycles. The molecule has 3 aromatic rings. The van der Waals surface area contributed by atoms with Gasteiger partial charge in [0.25, 0.3) is 0 Å². The number of ether oxygens (including phenoxy) is 2. The quantitative estimate of drug-likeness (QED) is 0.677. The van der Waals surface area contributed by atoms with E-state index in [0.29, 0.717) is 0 Å². The lowest BCUT2D eigenvalue weighted by atomic mass is 10.0. The van der Waals surface area contributed by atoms with Gasteiger partial charge in [-0.15, -0.1) is 0 Å². The van der Waals surface area contributed by atoms with Crippen molar-refractivity contribution in [3.8, 4) is 39.9 Å². The van der Waals surface area contributed by atoms with Gasteiger partial charge >= 0.3 is 0 Å². The summed E-state index contributed by atoms with van der Waals surface area (Å²) in [6.45, 7) is 0. The third-order valence-electron chi connectivity index (χ3n) is 3.66. The van der Waals surface area contributed by atoms with Crippen LogP contribution in [0.4, 0.5) is 0 Å². The number of phenols is 3. The predicted octanol–water partition coefficient (Wildman–Crippen LogP) is 2.59. The zero-order valence-corrected chi connectivity index (χ0v) is 12.9. The molecule has 0 aliphatic heterocycles. The first-order chi connectivity index (χ1) is 11.5. The third kappa shape index (κ3) is 2.26. The number of aromatic hydroxyl groups is 3. The average Bonchev–Trinajstić information content (AvgIpc) is 2.55. The predicted molar refractivity (Wildman–Crippen MR) is 86.0 cm³/mol. The van der Waals surface area contributed by atoms with Crippen LogP contribution in [0.25, 0.3) is 22.1 Å². The molecule has 3 rings (SSSR count). The van der Waals surface area contributed by atoms with Crippen molar-refractivity contribution in [3.63, 3.8) is 0 Å². The number of hydrogen-bond acceptors (Lipinski definition) is 7. The smallest absolute Gasteiger partial charge is 0.204 e. The first-order valence-corrected chi connectivity index (χ1v) is 6.89. The maximum Gasteiger partial charge on any atom is 0.204 e. The lowest BCUT2D eigenvalue weighted by Gasteiger charge is -2.12. The largest absolute Gasteiger partial charge is 0.508 e. The molecular formula is C17H14O7. The molecule has 3 N–H and O–H groups in total. The van der Waals surface area contributed by atoms with Crippen molar-refractivity contribution in [3.05, 3.63) is 40.8 Å². The van der Waals surface area contributed by atoms with Gasteiger partial charge in [0, 0.05) is 17.7 Å². The van der Waals surface area contributed by atoms with Crippen molar-refractivity contribution in [1.29, 1.82) is 0 Å². The molecule has 1 aromatic heterocycles. The normalized spacial score (nSPS) is 10.8. The molecule has 0 atom stereocenters. The fourth-order valence-corrected chi connectivity index (χ4v) is 2.51. The van der Waals surface area contributed by atoms with Gasteiger partial charge in [-0.2, -0.15) is 0 Å². The van der Waals surface area contributed by atoms with Gasteiger partial charge in [-0.25, -0.2) is 0 Å². The van der Waals surface area contributed by atoms with Gasteiger partial charge in [0.05, 0.1) is 19.8 Å². The molecule has 7 nitrogen and oxygen atoms in total. The monoisotopic (exact) mass is 330 g/mol. The van der Waals surface area contributed by atoms with Crippen LogP contribution in [0.3, 0.4) is 0 Å². The van der Waals surface area contributed by atoms with Gasteiger partial charge < -0.3 is 29.2 Å². The van der Waals surface area contributed by atoms with Gasteiger partial charge in [0.15, 0.2) is 11.5 Å². The zero-order valence-electron chi connectivity index (χ0n) is 12.9. The van der Waals surface area contributed by atoms with Crippen LogP contribution in [-0.4, -0.2) is 29.5 Å². The second-order valence-electron chi connectivity index (χ2n) is 5.01. The van der Waals surface area contributed by atoms with Crippen molar-refractivity contribution in [1.82, 2.24) is 0 Å². The molecule has 0 aliphatic rings. The molecule has 24 heavy (non-hydrogen) atoms. The first kappa shape index (κ1) is 15.5. The Kier molecular flexibility index (Phi) is 3.69. The lowest BCUT2D eigenvalue weighted by molar-refractivity contribution is 0.334. The van der Waals surface area contributed by atoms with Gasteiger partial charge in [-0.05, 0) is 12.1 Å². The van der Waals surface area contributed by atoms with Gasteiger partial charge in [0.1, 0.15) is 28.7 Å². The molecule has 0 saturated heterocycles. The van der Waals surface area contributed by atoms with E-state index in [1.807, 2.05) is 0 Å². The summed E-state index contributed by atoms with van der Waals surface area (Å²) in [5, 5.41) is 29.6. The summed E-state index contributed by atoms with van der Waals surface area (Å²) >= 11 is 0. The van der Waals surface area contributed by atoms with Crippen LogP contribution in [0.5, 0.6) is 28.7 Å². The SMILES string of the molecule is COc1cc2occ(-c3ccc(O)cc3O)c(=O)c2c(O)c1OC. The molecule has 2 aromatic carbocycles. The van der Waals surface area contributed by atoms with Crippen LogP contribution in [0.1, 0.15) is 0 Å². The zero-order chi connectivity index (χ0) is 17.4. The van der Waals surface area contributed by atoms with Crippen LogP contribution in [0.15, 0.2) is 39.7 Å². The molecule has 0 bridgehead atoms. The Morgan fingerprint density at radius 3 is 2.38 bits per heavy atom. The maximum absolute atomic E-state index is 12.8. The van der Waals surface area contributed by atoms with Gasteiger partial charge in [0.2, 0.25) is 11.2 Å². The number of fused-ring (bicyclic) bond motifs is 1. The molecule has 0 amide bonds. The van der Waals surface area contributed by atoms with Gasteiger partial charge in [-0.1, -0.05) is 0 Å². The Hall–Kier alpha value is -3.35. The minimum atomic E-state index is -0.560. The second kappa shape index (κ2) is 5.69. The Labute approximate surface area is 135 Å². The number of rotatable bonds is 3. The lowest BCUT2D eigenvalue weighted by Crippen LogP contribution is -2.06. The molecule has 0 fully saturated rings.